The van der Waals surface area contributed by atoms with Gasteiger partial charge < -0.3 is 10.4 Å². The van der Waals surface area contributed by atoms with Crippen LogP contribution in [0.15, 0.2) is 42.5 Å². The molecule has 0 aliphatic rings. The number of hydrogen-bond acceptors (Lipinski definition) is 2. The number of halogens is 2. The largest absolute Gasteiger partial charge is 0.478 e. The molecule has 0 saturated carbocycles. The number of carbonyl (C=O) groups is 2. The third kappa shape index (κ3) is 3.62. The molecular formula is C15H11F2NO3. The van der Waals surface area contributed by atoms with E-state index in [1.54, 1.807) is 0 Å². The summed E-state index contributed by atoms with van der Waals surface area (Å²) in [6.45, 7) is 0.00727. The SMILES string of the molecule is O=C(O)c1cccc(C(=O)NCc2ccc(F)c(F)c2)c1. The average molecular weight is 291 g/mol. The molecule has 2 rings (SSSR count). The van der Waals surface area contributed by atoms with Crippen molar-refractivity contribution in [3.05, 3.63) is 70.8 Å². The van der Waals surface area contributed by atoms with Crippen LogP contribution in [0.4, 0.5) is 8.78 Å². The van der Waals surface area contributed by atoms with Crippen molar-refractivity contribution in [1.82, 2.24) is 5.32 Å². The van der Waals surface area contributed by atoms with Gasteiger partial charge in [-0.1, -0.05) is 12.1 Å². The van der Waals surface area contributed by atoms with Gasteiger partial charge in [0.1, 0.15) is 0 Å². The lowest BCUT2D eigenvalue weighted by molar-refractivity contribution is 0.0697. The Hall–Kier alpha value is -2.76. The molecule has 108 valence electrons. The molecule has 0 spiro atoms. The van der Waals surface area contributed by atoms with Gasteiger partial charge in [0, 0.05) is 12.1 Å². The Kier molecular flexibility index (Phi) is 4.27. The van der Waals surface area contributed by atoms with Gasteiger partial charge in [-0.3, -0.25) is 4.79 Å². The Balaban J connectivity index is 2.06. The van der Waals surface area contributed by atoms with E-state index in [4.69, 9.17) is 5.11 Å². The number of hydrogen-bond donors (Lipinski definition) is 2. The second kappa shape index (κ2) is 6.13. The first kappa shape index (κ1) is 14.6. The van der Waals surface area contributed by atoms with Crippen LogP contribution in [0, 0.1) is 11.6 Å². The summed E-state index contributed by atoms with van der Waals surface area (Å²) in [4.78, 5) is 22.7. The molecule has 0 fully saturated rings. The van der Waals surface area contributed by atoms with E-state index in [0.29, 0.717) is 5.56 Å². The Labute approximate surface area is 119 Å². The lowest BCUT2D eigenvalue weighted by Gasteiger charge is -2.06. The predicted octanol–water partition coefficient (Wildman–Crippen LogP) is 2.59. The molecule has 2 aromatic rings. The summed E-state index contributed by atoms with van der Waals surface area (Å²) in [5.41, 5.74) is 0.574. The minimum atomic E-state index is -1.13. The number of aromatic carboxylic acids is 1. The van der Waals surface area contributed by atoms with Crippen LogP contribution in [0.5, 0.6) is 0 Å². The molecule has 6 heteroatoms. The number of benzene rings is 2. The van der Waals surface area contributed by atoms with Gasteiger partial charge in [0.15, 0.2) is 11.6 Å². The van der Waals surface area contributed by atoms with E-state index < -0.39 is 23.5 Å². The van der Waals surface area contributed by atoms with Crippen molar-refractivity contribution in [3.63, 3.8) is 0 Å². The van der Waals surface area contributed by atoms with E-state index in [2.05, 4.69) is 5.32 Å². The average Bonchev–Trinajstić information content (AvgIpc) is 2.48. The molecule has 0 aromatic heterocycles. The fourth-order valence-electron chi connectivity index (χ4n) is 1.73. The van der Waals surface area contributed by atoms with Crippen LogP contribution in [0.3, 0.4) is 0 Å². The maximum absolute atomic E-state index is 13.0. The molecule has 4 nitrogen and oxygen atoms in total. The van der Waals surface area contributed by atoms with Gasteiger partial charge in [0.25, 0.3) is 5.91 Å². The van der Waals surface area contributed by atoms with Crippen molar-refractivity contribution in [2.75, 3.05) is 0 Å². The molecule has 1 amide bonds. The fraction of sp³-hybridized carbons (Fsp3) is 0.0667. The van der Waals surface area contributed by atoms with Gasteiger partial charge in [0.05, 0.1) is 5.56 Å². The zero-order valence-electron chi connectivity index (χ0n) is 10.8. The molecule has 0 heterocycles. The van der Waals surface area contributed by atoms with Gasteiger partial charge in [-0.05, 0) is 35.9 Å². The van der Waals surface area contributed by atoms with E-state index in [1.807, 2.05) is 0 Å². The van der Waals surface area contributed by atoms with E-state index in [0.717, 1.165) is 12.1 Å². The molecule has 0 atom stereocenters. The zero-order chi connectivity index (χ0) is 15.4. The Morgan fingerprint density at radius 2 is 1.71 bits per heavy atom. The highest BCUT2D eigenvalue weighted by atomic mass is 19.2. The van der Waals surface area contributed by atoms with Crippen LogP contribution in [-0.4, -0.2) is 17.0 Å². The molecule has 0 bridgehead atoms. The first-order chi connectivity index (χ1) is 9.97. The van der Waals surface area contributed by atoms with Crippen molar-refractivity contribution in [1.29, 1.82) is 0 Å². The summed E-state index contributed by atoms with van der Waals surface area (Å²) in [6.07, 6.45) is 0. The van der Waals surface area contributed by atoms with Crippen molar-refractivity contribution in [3.8, 4) is 0 Å². The Morgan fingerprint density at radius 1 is 1.00 bits per heavy atom. The van der Waals surface area contributed by atoms with Gasteiger partial charge in [-0.2, -0.15) is 0 Å². The van der Waals surface area contributed by atoms with Crippen LogP contribution in [-0.2, 0) is 6.54 Å². The van der Waals surface area contributed by atoms with Gasteiger partial charge in [0.2, 0.25) is 0 Å². The third-order valence-electron chi connectivity index (χ3n) is 2.81. The molecule has 0 aliphatic heterocycles. The highest BCUT2D eigenvalue weighted by molar-refractivity contribution is 5.97. The number of carbonyl (C=O) groups excluding carboxylic acids is 1. The van der Waals surface area contributed by atoms with Crippen LogP contribution in [0.25, 0.3) is 0 Å². The van der Waals surface area contributed by atoms with Gasteiger partial charge in [-0.15, -0.1) is 0 Å². The first-order valence-corrected chi connectivity index (χ1v) is 6.03. The van der Waals surface area contributed by atoms with E-state index in [1.165, 1.54) is 30.3 Å². The van der Waals surface area contributed by atoms with Crippen LogP contribution in [0.2, 0.25) is 0 Å². The number of nitrogens with one attached hydrogen (secondary N) is 1. The number of amides is 1. The lowest BCUT2D eigenvalue weighted by atomic mass is 10.1. The normalized spacial score (nSPS) is 10.2. The summed E-state index contributed by atoms with van der Waals surface area (Å²) in [5.74, 6) is -3.58. The molecule has 21 heavy (non-hydrogen) atoms. The molecule has 0 unspecified atom stereocenters. The summed E-state index contributed by atoms with van der Waals surface area (Å²) >= 11 is 0. The smallest absolute Gasteiger partial charge is 0.335 e. The second-order valence-corrected chi connectivity index (χ2v) is 4.32. The highest BCUT2D eigenvalue weighted by Gasteiger charge is 2.10. The quantitative estimate of drug-likeness (QED) is 0.910. The van der Waals surface area contributed by atoms with Gasteiger partial charge >= 0.3 is 5.97 Å². The van der Waals surface area contributed by atoms with Crippen LogP contribution < -0.4 is 5.32 Å². The van der Waals surface area contributed by atoms with Gasteiger partial charge in [-0.25, -0.2) is 13.6 Å². The molecule has 2 N–H and O–H groups in total. The standard InChI is InChI=1S/C15H11F2NO3/c16-12-5-4-9(6-13(12)17)8-18-14(19)10-2-1-3-11(7-10)15(20)21/h1-7H,8H2,(H,18,19)(H,20,21). The first-order valence-electron chi connectivity index (χ1n) is 6.03. The van der Waals surface area contributed by atoms with E-state index in [-0.39, 0.29) is 17.7 Å². The summed E-state index contributed by atoms with van der Waals surface area (Å²) in [6, 6.07) is 8.85. The van der Waals surface area contributed by atoms with Crippen LogP contribution >= 0.6 is 0 Å². The molecular weight excluding hydrogens is 280 g/mol. The third-order valence-corrected chi connectivity index (χ3v) is 2.81. The zero-order valence-corrected chi connectivity index (χ0v) is 10.8. The maximum Gasteiger partial charge on any atom is 0.335 e. The summed E-state index contributed by atoms with van der Waals surface area (Å²) in [7, 11) is 0. The minimum Gasteiger partial charge on any atom is -0.478 e. The fourth-order valence-corrected chi connectivity index (χ4v) is 1.73. The summed E-state index contributed by atoms with van der Waals surface area (Å²) in [5, 5.41) is 11.4. The van der Waals surface area contributed by atoms with Crippen LogP contribution in [0.1, 0.15) is 26.3 Å². The van der Waals surface area contributed by atoms with E-state index >= 15 is 0 Å². The molecule has 2 aromatic carbocycles. The molecule has 0 saturated heterocycles. The second-order valence-electron chi connectivity index (χ2n) is 4.32. The number of carboxylic acid groups (broad SMARTS) is 1. The predicted molar refractivity (Wildman–Crippen MR) is 70.9 cm³/mol. The Morgan fingerprint density at radius 3 is 2.38 bits per heavy atom. The number of carboxylic acids is 1. The van der Waals surface area contributed by atoms with Crippen molar-refractivity contribution in [2.45, 2.75) is 6.54 Å². The maximum atomic E-state index is 13.0. The number of rotatable bonds is 4. The monoisotopic (exact) mass is 291 g/mol. The summed E-state index contributed by atoms with van der Waals surface area (Å²) < 4.78 is 25.8. The lowest BCUT2D eigenvalue weighted by Crippen LogP contribution is -2.23. The topological polar surface area (TPSA) is 66.4 Å². The van der Waals surface area contributed by atoms with Crippen molar-refractivity contribution >= 4 is 11.9 Å². The Bertz CT molecular complexity index is 701. The molecule has 0 radical (unpaired) electrons. The van der Waals surface area contributed by atoms with Crippen molar-refractivity contribution in [2.24, 2.45) is 0 Å². The highest BCUT2D eigenvalue weighted by Crippen LogP contribution is 2.09. The van der Waals surface area contributed by atoms with Crippen molar-refractivity contribution < 1.29 is 23.5 Å². The minimum absolute atomic E-state index is 0.00419. The van der Waals surface area contributed by atoms with E-state index in [9.17, 15) is 18.4 Å². The molecule has 0 aliphatic carbocycles.